The van der Waals surface area contributed by atoms with Crippen LogP contribution >= 0.6 is 0 Å². The molecule has 10 heteroatoms. The molecule has 0 bridgehead atoms. The van der Waals surface area contributed by atoms with Crippen molar-refractivity contribution in [3.05, 3.63) is 59.3 Å². The lowest BCUT2D eigenvalue weighted by atomic mass is 9.99. The van der Waals surface area contributed by atoms with Gasteiger partial charge in [0, 0.05) is 44.4 Å². The van der Waals surface area contributed by atoms with Crippen molar-refractivity contribution in [1.82, 2.24) is 10.2 Å². The lowest BCUT2D eigenvalue weighted by Crippen LogP contribution is -2.52. The Morgan fingerprint density at radius 2 is 2.09 bits per heavy atom. The number of hydrogen-bond donors (Lipinski definition) is 3. The molecule has 2 aromatic rings. The molecule has 4 rings (SSSR count). The van der Waals surface area contributed by atoms with Crippen LogP contribution in [0.4, 0.5) is 14.5 Å². The van der Waals surface area contributed by atoms with E-state index >= 15 is 0 Å². The minimum Gasteiger partial charge on any atom is -0.490 e. The van der Waals surface area contributed by atoms with Crippen molar-refractivity contribution in [2.45, 2.75) is 13.3 Å². The number of nitrogens with one attached hydrogen (secondary N) is 2. The van der Waals surface area contributed by atoms with Gasteiger partial charge >= 0.3 is 0 Å². The molecule has 0 spiro atoms. The summed E-state index contributed by atoms with van der Waals surface area (Å²) >= 11 is 0. The predicted molar refractivity (Wildman–Crippen MR) is 127 cm³/mol. The van der Waals surface area contributed by atoms with Gasteiger partial charge in [-0.3, -0.25) is 9.59 Å². The lowest BCUT2D eigenvalue weighted by molar-refractivity contribution is -0.118. The first-order chi connectivity index (χ1) is 16.9. The zero-order valence-corrected chi connectivity index (χ0v) is 19.4. The number of ether oxygens (including phenoxy) is 2. The van der Waals surface area contributed by atoms with Gasteiger partial charge in [0.15, 0.2) is 18.2 Å². The first-order valence-electron chi connectivity index (χ1n) is 11.5. The highest BCUT2D eigenvalue weighted by Gasteiger charge is 2.34. The van der Waals surface area contributed by atoms with E-state index in [0.717, 1.165) is 24.6 Å². The summed E-state index contributed by atoms with van der Waals surface area (Å²) in [7, 11) is 0. The molecule has 1 saturated heterocycles. The molecule has 0 atom stereocenters. The average Bonchev–Trinajstić information content (AvgIpc) is 2.81. The summed E-state index contributed by atoms with van der Waals surface area (Å²) in [5.74, 6) is -1.78. The number of nitrogens with zero attached hydrogens (tertiary/aromatic N) is 1. The highest BCUT2D eigenvalue weighted by atomic mass is 19.1. The minimum atomic E-state index is -0.720. The van der Waals surface area contributed by atoms with Crippen LogP contribution in [0.5, 0.6) is 11.5 Å². The molecule has 0 aromatic heterocycles. The fourth-order valence-corrected chi connectivity index (χ4v) is 3.90. The molecule has 0 saturated carbocycles. The van der Waals surface area contributed by atoms with E-state index in [1.165, 1.54) is 17.0 Å². The van der Waals surface area contributed by atoms with E-state index < -0.39 is 17.5 Å². The van der Waals surface area contributed by atoms with Crippen molar-refractivity contribution in [3.8, 4) is 11.5 Å². The quantitative estimate of drug-likeness (QED) is 0.471. The number of carbonyl (C=O) groups excluding carboxylic acids is 2. The summed E-state index contributed by atoms with van der Waals surface area (Å²) < 4.78 is 39.8. The fraction of sp³-hybridized carbons (Fsp3) is 0.360. The van der Waals surface area contributed by atoms with Crippen molar-refractivity contribution < 1.29 is 27.8 Å². The molecular weight excluding hydrogens is 458 g/mol. The first kappa shape index (κ1) is 24.5. The summed E-state index contributed by atoms with van der Waals surface area (Å²) in [6.07, 6.45) is 2.76. The molecule has 1 fully saturated rings. The fourth-order valence-electron chi connectivity index (χ4n) is 3.90. The Morgan fingerprint density at radius 3 is 2.80 bits per heavy atom. The molecule has 2 aromatic carbocycles. The monoisotopic (exact) mass is 486 g/mol. The van der Waals surface area contributed by atoms with Crippen LogP contribution in [-0.2, 0) is 4.79 Å². The van der Waals surface area contributed by atoms with Gasteiger partial charge in [0.25, 0.3) is 11.8 Å². The predicted octanol–water partition coefficient (Wildman–Crippen LogP) is 2.75. The molecule has 2 amide bonds. The van der Waals surface area contributed by atoms with Crippen molar-refractivity contribution >= 4 is 23.1 Å². The van der Waals surface area contributed by atoms with E-state index in [9.17, 15) is 18.4 Å². The van der Waals surface area contributed by atoms with Gasteiger partial charge in [0.05, 0.1) is 17.9 Å². The summed E-state index contributed by atoms with van der Waals surface area (Å²) in [5, 5.41) is 5.71. The second-order valence-corrected chi connectivity index (χ2v) is 8.53. The van der Waals surface area contributed by atoms with Crippen molar-refractivity contribution in [2.75, 3.05) is 44.7 Å². The first-order valence-corrected chi connectivity index (χ1v) is 11.5. The Labute approximate surface area is 202 Å². The summed E-state index contributed by atoms with van der Waals surface area (Å²) in [6.45, 7) is 3.84. The third-order valence-corrected chi connectivity index (χ3v) is 5.84. The van der Waals surface area contributed by atoms with Gasteiger partial charge in [-0.25, -0.2) is 8.78 Å². The number of nitrogens with two attached hydrogens (primary N) is 1. The number of rotatable bonds is 9. The van der Waals surface area contributed by atoms with Gasteiger partial charge in [0.1, 0.15) is 11.6 Å². The lowest BCUT2D eigenvalue weighted by Gasteiger charge is -2.39. The molecule has 0 unspecified atom stereocenters. The molecule has 4 N–H and O–H groups in total. The van der Waals surface area contributed by atoms with Gasteiger partial charge in [-0.15, -0.1) is 0 Å². The Balaban J connectivity index is 1.31. The molecule has 0 radical (unpaired) electrons. The van der Waals surface area contributed by atoms with Crippen LogP contribution < -0.4 is 25.8 Å². The zero-order valence-electron chi connectivity index (χ0n) is 19.4. The Morgan fingerprint density at radius 1 is 1.29 bits per heavy atom. The molecule has 2 aliphatic rings. The summed E-state index contributed by atoms with van der Waals surface area (Å²) in [4.78, 5) is 25.7. The number of carbonyl (C=O) groups is 2. The summed E-state index contributed by atoms with van der Waals surface area (Å²) in [6, 6.07) is 7.09. The maximum atomic E-state index is 14.6. The Kier molecular flexibility index (Phi) is 7.50. The molecule has 0 aliphatic carbocycles. The van der Waals surface area contributed by atoms with Crippen LogP contribution in [0.1, 0.15) is 29.3 Å². The third kappa shape index (κ3) is 5.54. The smallest absolute Gasteiger partial charge is 0.262 e. The second-order valence-electron chi connectivity index (χ2n) is 8.53. The number of anilines is 1. The van der Waals surface area contributed by atoms with Gasteiger partial charge in [-0.2, -0.15) is 0 Å². The van der Waals surface area contributed by atoms with Crippen LogP contribution in [0.2, 0.25) is 0 Å². The van der Waals surface area contributed by atoms with Gasteiger partial charge in [0.2, 0.25) is 0 Å². The largest absolute Gasteiger partial charge is 0.490 e. The molecule has 8 nitrogen and oxygen atoms in total. The number of amides is 2. The van der Waals surface area contributed by atoms with Crippen LogP contribution in [-0.4, -0.2) is 56.1 Å². The Hall–Kier alpha value is -3.66. The second kappa shape index (κ2) is 10.7. The van der Waals surface area contributed by atoms with E-state index in [1.807, 2.05) is 0 Å². The molecule has 35 heavy (non-hydrogen) atoms. The SMILES string of the molecule is CCCN/C=C(\CN)c1ccc(OCC2CN(C(=O)c3cc4c(cc3F)OCC(=O)N4)C2)c(F)c1. The number of hydrogen-bond acceptors (Lipinski definition) is 6. The third-order valence-electron chi connectivity index (χ3n) is 5.84. The molecular formula is C25H28F2N4O4. The van der Waals surface area contributed by atoms with Crippen LogP contribution in [0.15, 0.2) is 36.5 Å². The summed E-state index contributed by atoms with van der Waals surface area (Å²) in [5.41, 5.74) is 7.37. The maximum Gasteiger partial charge on any atom is 0.262 e. The molecule has 2 heterocycles. The minimum absolute atomic E-state index is 0.0144. The Bertz CT molecular complexity index is 1150. The van der Waals surface area contributed by atoms with Gasteiger partial charge < -0.3 is 30.7 Å². The van der Waals surface area contributed by atoms with Crippen LogP contribution in [0.25, 0.3) is 5.57 Å². The van der Waals surface area contributed by atoms with Crippen molar-refractivity contribution in [3.63, 3.8) is 0 Å². The molecule has 186 valence electrons. The average molecular weight is 487 g/mol. The standard InChI is InChI=1S/C25H28F2N4O4/c1-2-5-29-10-17(9-28)16-3-4-22(20(27)6-16)34-13-15-11-31(12-15)25(33)18-7-21-23(8-19(18)26)35-14-24(32)30-21/h3-4,6-8,10,15,29H,2,5,9,11-14,28H2,1H3,(H,30,32)/b17-10+. The van der Waals surface area contributed by atoms with Crippen molar-refractivity contribution in [2.24, 2.45) is 11.7 Å². The van der Waals surface area contributed by atoms with Gasteiger partial charge in [-0.1, -0.05) is 13.0 Å². The van der Waals surface area contributed by atoms with E-state index in [2.05, 4.69) is 17.6 Å². The number of likely N-dealkylation sites (tertiary alicyclic amines) is 1. The van der Waals surface area contributed by atoms with E-state index in [0.29, 0.717) is 18.7 Å². The number of fused-ring (bicyclic) bond motifs is 1. The van der Waals surface area contributed by atoms with E-state index in [1.54, 1.807) is 18.3 Å². The van der Waals surface area contributed by atoms with Gasteiger partial charge in [-0.05, 0) is 35.8 Å². The van der Waals surface area contributed by atoms with E-state index in [4.69, 9.17) is 15.2 Å². The van der Waals surface area contributed by atoms with Crippen LogP contribution in [0.3, 0.4) is 0 Å². The van der Waals surface area contributed by atoms with Crippen molar-refractivity contribution in [1.29, 1.82) is 0 Å². The molecule has 2 aliphatic heterocycles. The zero-order chi connectivity index (χ0) is 24.9. The highest BCUT2D eigenvalue weighted by molar-refractivity contribution is 6.00. The number of benzene rings is 2. The highest BCUT2D eigenvalue weighted by Crippen LogP contribution is 2.32. The normalized spacial score (nSPS) is 15.6. The maximum absolute atomic E-state index is 14.6. The topological polar surface area (TPSA) is 106 Å². The number of halogens is 2. The van der Waals surface area contributed by atoms with E-state index in [-0.39, 0.29) is 54.3 Å². The van der Waals surface area contributed by atoms with Crippen LogP contribution in [0, 0.1) is 17.6 Å².